The quantitative estimate of drug-likeness (QED) is 0.731. The van der Waals surface area contributed by atoms with Crippen LogP contribution >= 0.6 is 0 Å². The molecule has 82 valence electrons. The lowest BCUT2D eigenvalue weighted by atomic mass is 10.3. The van der Waals surface area contributed by atoms with Gasteiger partial charge in [-0.05, 0) is 36.4 Å². The maximum Gasteiger partial charge on any atom is 0.119 e. The summed E-state index contributed by atoms with van der Waals surface area (Å²) in [6.07, 6.45) is 4.35. The Hall–Kier alpha value is -1.74. The Morgan fingerprint density at radius 1 is 1.19 bits per heavy atom. The molecule has 1 aromatic carbocycles. The van der Waals surface area contributed by atoms with Crippen molar-refractivity contribution in [2.75, 3.05) is 13.2 Å². The number of nitrogens with zero attached hydrogens (tertiary/aromatic N) is 1. The van der Waals surface area contributed by atoms with Crippen molar-refractivity contribution < 1.29 is 9.47 Å². The molecular formula is C13H13NO2. The zero-order valence-electron chi connectivity index (χ0n) is 8.87. The molecule has 0 unspecified atom stereocenters. The van der Waals surface area contributed by atoms with Crippen LogP contribution in [-0.4, -0.2) is 23.9 Å². The van der Waals surface area contributed by atoms with Gasteiger partial charge in [0, 0.05) is 18.1 Å². The van der Waals surface area contributed by atoms with Gasteiger partial charge in [-0.2, -0.15) is 0 Å². The fraction of sp³-hybridized carbons (Fsp3) is 0.231. The number of epoxide rings is 1. The Bertz CT molecular complexity index is 443. The largest absolute Gasteiger partial charge is 0.491 e. The standard InChI is InChI=1S/C13H13NO2/c1-2-8-14(7-1)11-3-5-12(6-4-11)15-9-13-10-16-13/h1-8,13H,9-10H2/t13-/m1/s1. The number of ether oxygens (including phenoxy) is 2. The molecule has 0 saturated carbocycles. The predicted molar refractivity (Wildman–Crippen MR) is 61.0 cm³/mol. The Kier molecular flexibility index (Phi) is 2.38. The molecule has 1 fully saturated rings. The minimum Gasteiger partial charge on any atom is -0.491 e. The predicted octanol–water partition coefficient (Wildman–Crippen LogP) is 2.25. The Morgan fingerprint density at radius 2 is 1.88 bits per heavy atom. The monoisotopic (exact) mass is 215 g/mol. The van der Waals surface area contributed by atoms with E-state index in [9.17, 15) is 0 Å². The SMILES string of the molecule is c1ccn(-c2ccc(OC[C@@H]3CO3)cc2)c1. The maximum atomic E-state index is 5.57. The van der Waals surface area contributed by atoms with Gasteiger partial charge in [0.1, 0.15) is 18.5 Å². The zero-order valence-corrected chi connectivity index (χ0v) is 8.87. The second kappa shape index (κ2) is 4.02. The van der Waals surface area contributed by atoms with Crippen LogP contribution in [0.2, 0.25) is 0 Å². The lowest BCUT2D eigenvalue weighted by molar-refractivity contribution is 0.263. The summed E-state index contributed by atoms with van der Waals surface area (Å²) in [5, 5.41) is 0. The van der Waals surface area contributed by atoms with Gasteiger partial charge in [-0.1, -0.05) is 0 Å². The van der Waals surface area contributed by atoms with E-state index in [1.165, 1.54) is 0 Å². The minimum atomic E-state index is 0.309. The molecule has 0 bridgehead atoms. The number of rotatable bonds is 4. The number of benzene rings is 1. The molecule has 0 radical (unpaired) electrons. The van der Waals surface area contributed by atoms with Crippen LogP contribution in [0.4, 0.5) is 0 Å². The van der Waals surface area contributed by atoms with Gasteiger partial charge < -0.3 is 14.0 Å². The van der Waals surface area contributed by atoms with Crippen molar-refractivity contribution in [1.82, 2.24) is 4.57 Å². The smallest absolute Gasteiger partial charge is 0.119 e. The molecule has 0 amide bonds. The molecule has 0 spiro atoms. The molecule has 2 heterocycles. The van der Waals surface area contributed by atoms with Crippen molar-refractivity contribution in [2.45, 2.75) is 6.10 Å². The van der Waals surface area contributed by atoms with Gasteiger partial charge in [0.2, 0.25) is 0 Å². The number of hydrogen-bond donors (Lipinski definition) is 0. The van der Waals surface area contributed by atoms with E-state index in [0.29, 0.717) is 12.7 Å². The fourth-order valence-corrected chi connectivity index (χ4v) is 1.57. The highest BCUT2D eigenvalue weighted by Gasteiger charge is 2.22. The van der Waals surface area contributed by atoms with E-state index in [4.69, 9.17) is 9.47 Å². The average molecular weight is 215 g/mol. The summed E-state index contributed by atoms with van der Waals surface area (Å²) in [5.41, 5.74) is 1.14. The molecule has 1 aliphatic rings. The normalized spacial score (nSPS) is 18.4. The second-order valence-electron chi connectivity index (χ2n) is 3.85. The van der Waals surface area contributed by atoms with E-state index < -0.39 is 0 Å². The molecule has 1 saturated heterocycles. The number of hydrogen-bond acceptors (Lipinski definition) is 2. The third-order valence-electron chi connectivity index (χ3n) is 2.58. The first-order valence-electron chi connectivity index (χ1n) is 5.40. The van der Waals surface area contributed by atoms with Gasteiger partial charge in [0.15, 0.2) is 0 Å². The average Bonchev–Trinajstić information content (AvgIpc) is 3.00. The van der Waals surface area contributed by atoms with Gasteiger partial charge in [0.25, 0.3) is 0 Å². The summed E-state index contributed by atoms with van der Waals surface area (Å²) in [5.74, 6) is 0.895. The molecule has 1 aromatic heterocycles. The van der Waals surface area contributed by atoms with Gasteiger partial charge in [-0.25, -0.2) is 0 Å². The molecule has 2 aromatic rings. The third-order valence-corrected chi connectivity index (χ3v) is 2.58. The van der Waals surface area contributed by atoms with Crippen molar-refractivity contribution in [3.63, 3.8) is 0 Å². The van der Waals surface area contributed by atoms with Gasteiger partial charge >= 0.3 is 0 Å². The summed E-state index contributed by atoms with van der Waals surface area (Å²) in [4.78, 5) is 0. The van der Waals surface area contributed by atoms with E-state index in [-0.39, 0.29) is 0 Å². The molecular weight excluding hydrogens is 202 g/mol. The van der Waals surface area contributed by atoms with Gasteiger partial charge in [0.05, 0.1) is 6.61 Å². The van der Waals surface area contributed by atoms with Crippen LogP contribution in [0.15, 0.2) is 48.8 Å². The van der Waals surface area contributed by atoms with Crippen LogP contribution in [0, 0.1) is 0 Å². The molecule has 3 heteroatoms. The Balaban J connectivity index is 1.69. The van der Waals surface area contributed by atoms with E-state index >= 15 is 0 Å². The maximum absolute atomic E-state index is 5.57. The van der Waals surface area contributed by atoms with Crippen molar-refractivity contribution >= 4 is 0 Å². The highest BCUT2D eigenvalue weighted by molar-refractivity contribution is 5.37. The first-order valence-corrected chi connectivity index (χ1v) is 5.40. The first-order chi connectivity index (χ1) is 7.92. The molecule has 1 atom stereocenters. The van der Waals surface area contributed by atoms with Crippen molar-refractivity contribution in [3.8, 4) is 11.4 Å². The Morgan fingerprint density at radius 3 is 2.50 bits per heavy atom. The highest BCUT2D eigenvalue weighted by Crippen LogP contribution is 2.17. The summed E-state index contributed by atoms with van der Waals surface area (Å²) >= 11 is 0. The van der Waals surface area contributed by atoms with Crippen LogP contribution in [-0.2, 0) is 4.74 Å². The topological polar surface area (TPSA) is 26.7 Å². The lowest BCUT2D eigenvalue weighted by Gasteiger charge is -2.06. The van der Waals surface area contributed by atoms with Crippen molar-refractivity contribution in [1.29, 1.82) is 0 Å². The lowest BCUT2D eigenvalue weighted by Crippen LogP contribution is -2.03. The summed E-state index contributed by atoms with van der Waals surface area (Å²) < 4.78 is 12.7. The molecule has 1 aliphatic heterocycles. The van der Waals surface area contributed by atoms with Crippen LogP contribution < -0.4 is 4.74 Å². The van der Waals surface area contributed by atoms with Crippen LogP contribution in [0.3, 0.4) is 0 Å². The van der Waals surface area contributed by atoms with Crippen molar-refractivity contribution in [3.05, 3.63) is 48.8 Å². The molecule has 16 heavy (non-hydrogen) atoms. The zero-order chi connectivity index (χ0) is 10.8. The number of aromatic nitrogens is 1. The van der Waals surface area contributed by atoms with Crippen LogP contribution in [0.5, 0.6) is 5.75 Å². The fourth-order valence-electron chi connectivity index (χ4n) is 1.57. The molecule has 0 N–H and O–H groups in total. The summed E-state index contributed by atoms with van der Waals surface area (Å²) in [6.45, 7) is 1.49. The minimum absolute atomic E-state index is 0.309. The summed E-state index contributed by atoms with van der Waals surface area (Å²) in [6, 6.07) is 12.1. The third kappa shape index (κ3) is 2.09. The second-order valence-corrected chi connectivity index (χ2v) is 3.85. The Labute approximate surface area is 94.2 Å². The van der Waals surface area contributed by atoms with Gasteiger partial charge in [-0.3, -0.25) is 0 Å². The van der Waals surface area contributed by atoms with Crippen molar-refractivity contribution in [2.24, 2.45) is 0 Å². The summed E-state index contributed by atoms with van der Waals surface area (Å²) in [7, 11) is 0. The van der Waals surface area contributed by atoms with E-state index in [1.54, 1.807) is 0 Å². The van der Waals surface area contributed by atoms with Crippen LogP contribution in [0.25, 0.3) is 5.69 Å². The molecule has 3 nitrogen and oxygen atoms in total. The van der Waals surface area contributed by atoms with E-state index in [1.807, 2.05) is 48.8 Å². The van der Waals surface area contributed by atoms with Gasteiger partial charge in [-0.15, -0.1) is 0 Å². The highest BCUT2D eigenvalue weighted by atomic mass is 16.6. The molecule has 0 aliphatic carbocycles. The molecule has 3 rings (SSSR count). The van der Waals surface area contributed by atoms with E-state index in [0.717, 1.165) is 18.0 Å². The van der Waals surface area contributed by atoms with Crippen LogP contribution in [0.1, 0.15) is 0 Å². The first kappa shape index (κ1) is 9.48. The van der Waals surface area contributed by atoms with E-state index in [2.05, 4.69) is 4.57 Å².